The zero-order chi connectivity index (χ0) is 14.5. The Bertz CT molecular complexity index is 612. The Labute approximate surface area is 118 Å². The Hall–Kier alpha value is -2.39. The molecule has 0 aliphatic rings. The first kappa shape index (κ1) is 14.0. The van der Waals surface area contributed by atoms with Gasteiger partial charge in [0, 0.05) is 12.1 Å². The van der Waals surface area contributed by atoms with E-state index in [2.05, 4.69) is 6.58 Å². The van der Waals surface area contributed by atoms with Crippen molar-refractivity contribution >= 4 is 5.97 Å². The fraction of sp³-hybridized carbons (Fsp3) is 0.118. The van der Waals surface area contributed by atoms with Crippen LogP contribution in [0.1, 0.15) is 12.5 Å². The highest BCUT2D eigenvalue weighted by Gasteiger charge is 2.05. The van der Waals surface area contributed by atoms with Crippen LogP contribution in [0.3, 0.4) is 0 Å². The molecule has 0 heterocycles. The van der Waals surface area contributed by atoms with E-state index in [1.54, 1.807) is 19.1 Å². The van der Waals surface area contributed by atoms with Gasteiger partial charge in [0.1, 0.15) is 5.75 Å². The van der Waals surface area contributed by atoms with E-state index >= 15 is 0 Å². The lowest BCUT2D eigenvalue weighted by molar-refractivity contribution is -0.130. The number of hydrogen-bond acceptors (Lipinski definition) is 3. The quantitative estimate of drug-likeness (QED) is 0.525. The summed E-state index contributed by atoms with van der Waals surface area (Å²) >= 11 is 0. The lowest BCUT2D eigenvalue weighted by Gasteiger charge is -2.06. The topological polar surface area (TPSA) is 52.3 Å². The Morgan fingerprint density at radius 3 is 2.00 bits per heavy atom. The highest BCUT2D eigenvalue weighted by Crippen LogP contribution is 2.23. The highest BCUT2D eigenvalue weighted by molar-refractivity contribution is 5.88. The summed E-state index contributed by atoms with van der Waals surface area (Å²) in [7, 11) is 0. The molecular formula is C17H17NO2. The van der Waals surface area contributed by atoms with E-state index in [1.807, 2.05) is 36.4 Å². The summed E-state index contributed by atoms with van der Waals surface area (Å²) in [5.74, 6) is 0.102. The molecule has 0 aliphatic heterocycles. The lowest BCUT2D eigenvalue weighted by atomic mass is 10.0. The van der Waals surface area contributed by atoms with Crippen molar-refractivity contribution in [1.82, 2.24) is 0 Å². The standard InChI is InChI=1S/C17H17NO2/c1-12(2)17(19)20-16-9-7-15(8-10-16)14-5-3-13(11-18)4-6-14/h3-10H,1,11,18H2,2H3. The molecular weight excluding hydrogens is 250 g/mol. The van der Waals surface area contributed by atoms with Crippen molar-refractivity contribution in [3.05, 3.63) is 66.2 Å². The van der Waals surface area contributed by atoms with Gasteiger partial charge in [-0.25, -0.2) is 4.79 Å². The zero-order valence-electron chi connectivity index (χ0n) is 11.4. The van der Waals surface area contributed by atoms with Crippen LogP contribution in [0.15, 0.2) is 60.7 Å². The van der Waals surface area contributed by atoms with Crippen LogP contribution in [-0.4, -0.2) is 5.97 Å². The second-order valence-corrected chi connectivity index (χ2v) is 4.60. The minimum atomic E-state index is -0.412. The van der Waals surface area contributed by atoms with Crippen LogP contribution in [-0.2, 0) is 11.3 Å². The molecule has 0 unspecified atom stereocenters. The largest absolute Gasteiger partial charge is 0.423 e. The molecule has 20 heavy (non-hydrogen) atoms. The van der Waals surface area contributed by atoms with Crippen LogP contribution in [0, 0.1) is 0 Å². The first-order valence-corrected chi connectivity index (χ1v) is 6.37. The molecule has 3 heteroatoms. The third-order valence-electron chi connectivity index (χ3n) is 2.94. The maximum atomic E-state index is 11.4. The molecule has 0 radical (unpaired) electrons. The van der Waals surface area contributed by atoms with Crippen LogP contribution < -0.4 is 10.5 Å². The minimum absolute atomic E-state index is 0.381. The fourth-order valence-corrected chi connectivity index (χ4v) is 1.74. The van der Waals surface area contributed by atoms with Crippen LogP contribution in [0.25, 0.3) is 11.1 Å². The summed E-state index contributed by atoms with van der Waals surface area (Å²) < 4.78 is 5.15. The molecule has 0 aliphatic carbocycles. The highest BCUT2D eigenvalue weighted by atomic mass is 16.5. The molecule has 0 saturated heterocycles. The van der Waals surface area contributed by atoms with Crippen molar-refractivity contribution in [1.29, 1.82) is 0 Å². The Morgan fingerprint density at radius 2 is 1.55 bits per heavy atom. The maximum Gasteiger partial charge on any atom is 0.338 e. The van der Waals surface area contributed by atoms with Gasteiger partial charge in [-0.15, -0.1) is 0 Å². The molecule has 3 nitrogen and oxygen atoms in total. The maximum absolute atomic E-state index is 11.4. The number of carbonyl (C=O) groups is 1. The van der Waals surface area contributed by atoms with Crippen molar-refractivity contribution in [2.45, 2.75) is 13.5 Å². The third-order valence-corrected chi connectivity index (χ3v) is 2.94. The number of rotatable bonds is 4. The lowest BCUT2D eigenvalue weighted by Crippen LogP contribution is -2.07. The van der Waals surface area contributed by atoms with Gasteiger partial charge in [0.15, 0.2) is 0 Å². The van der Waals surface area contributed by atoms with Crippen molar-refractivity contribution in [2.75, 3.05) is 0 Å². The number of esters is 1. The molecule has 2 N–H and O–H groups in total. The summed E-state index contributed by atoms with van der Waals surface area (Å²) in [5, 5.41) is 0. The summed E-state index contributed by atoms with van der Waals surface area (Å²) in [6.07, 6.45) is 0. The predicted molar refractivity (Wildman–Crippen MR) is 80.2 cm³/mol. The van der Waals surface area contributed by atoms with Crippen molar-refractivity contribution in [2.24, 2.45) is 5.73 Å². The molecule has 0 atom stereocenters. The van der Waals surface area contributed by atoms with Crippen LogP contribution >= 0.6 is 0 Å². The van der Waals surface area contributed by atoms with Crippen LogP contribution in [0.2, 0.25) is 0 Å². The average Bonchev–Trinajstić information content (AvgIpc) is 2.48. The number of benzene rings is 2. The van der Waals surface area contributed by atoms with Gasteiger partial charge < -0.3 is 10.5 Å². The molecule has 0 aromatic heterocycles. The average molecular weight is 267 g/mol. The molecule has 2 aromatic carbocycles. The SMILES string of the molecule is C=C(C)C(=O)Oc1ccc(-c2ccc(CN)cc2)cc1. The molecule has 102 valence electrons. The number of nitrogens with two attached hydrogens (primary N) is 1. The minimum Gasteiger partial charge on any atom is -0.423 e. The van der Waals surface area contributed by atoms with E-state index in [0.29, 0.717) is 17.9 Å². The molecule has 0 amide bonds. The van der Waals surface area contributed by atoms with Gasteiger partial charge in [-0.2, -0.15) is 0 Å². The first-order chi connectivity index (χ1) is 9.60. The van der Waals surface area contributed by atoms with E-state index < -0.39 is 5.97 Å². The summed E-state index contributed by atoms with van der Waals surface area (Å²) in [4.78, 5) is 11.4. The van der Waals surface area contributed by atoms with Gasteiger partial charge in [-0.05, 0) is 35.7 Å². The summed E-state index contributed by atoms with van der Waals surface area (Å²) in [5.41, 5.74) is 9.21. The molecule has 0 fully saturated rings. The normalized spacial score (nSPS) is 10.1. The molecule has 2 aromatic rings. The van der Waals surface area contributed by atoms with E-state index in [1.165, 1.54) is 0 Å². The molecule has 0 saturated carbocycles. The Balaban J connectivity index is 2.14. The van der Waals surface area contributed by atoms with Crippen molar-refractivity contribution in [3.63, 3.8) is 0 Å². The van der Waals surface area contributed by atoms with E-state index in [-0.39, 0.29) is 0 Å². The molecule has 2 rings (SSSR count). The molecule has 0 spiro atoms. The van der Waals surface area contributed by atoms with E-state index in [0.717, 1.165) is 16.7 Å². The number of carbonyl (C=O) groups excluding carboxylic acids is 1. The van der Waals surface area contributed by atoms with Crippen LogP contribution in [0.5, 0.6) is 5.75 Å². The van der Waals surface area contributed by atoms with E-state index in [4.69, 9.17) is 10.5 Å². The Kier molecular flexibility index (Phi) is 4.33. The third kappa shape index (κ3) is 3.33. The second-order valence-electron chi connectivity index (χ2n) is 4.60. The number of hydrogen-bond donors (Lipinski definition) is 1. The van der Waals surface area contributed by atoms with Gasteiger partial charge in [-0.3, -0.25) is 0 Å². The van der Waals surface area contributed by atoms with Crippen molar-refractivity contribution in [3.8, 4) is 16.9 Å². The van der Waals surface area contributed by atoms with E-state index in [9.17, 15) is 4.79 Å². The molecule has 0 bridgehead atoms. The van der Waals surface area contributed by atoms with Gasteiger partial charge in [-0.1, -0.05) is 43.0 Å². The fourth-order valence-electron chi connectivity index (χ4n) is 1.74. The van der Waals surface area contributed by atoms with Crippen molar-refractivity contribution < 1.29 is 9.53 Å². The Morgan fingerprint density at radius 1 is 1.05 bits per heavy atom. The van der Waals surface area contributed by atoms with Crippen LogP contribution in [0.4, 0.5) is 0 Å². The van der Waals surface area contributed by atoms with Gasteiger partial charge >= 0.3 is 5.97 Å². The second kappa shape index (κ2) is 6.17. The van der Waals surface area contributed by atoms with Gasteiger partial charge in [0.05, 0.1) is 0 Å². The summed E-state index contributed by atoms with van der Waals surface area (Å²) in [6, 6.07) is 15.4. The zero-order valence-corrected chi connectivity index (χ0v) is 11.4. The monoisotopic (exact) mass is 267 g/mol. The smallest absolute Gasteiger partial charge is 0.338 e. The first-order valence-electron chi connectivity index (χ1n) is 6.37. The predicted octanol–water partition coefficient (Wildman–Crippen LogP) is 3.29. The van der Waals surface area contributed by atoms with Gasteiger partial charge in [0.2, 0.25) is 0 Å². The summed E-state index contributed by atoms with van der Waals surface area (Å²) in [6.45, 7) is 5.71. The van der Waals surface area contributed by atoms with Gasteiger partial charge in [0.25, 0.3) is 0 Å². The number of ether oxygens (including phenoxy) is 1.